The van der Waals surface area contributed by atoms with E-state index in [4.69, 9.17) is 0 Å². The quantitative estimate of drug-likeness (QED) is 0.795. The standard InChI is InChI=1S/C17H15FN2O/c1-12(21)16-9-15(18)7-8-17(16)20-11-14(10-19-20)13-5-3-2-4-6-13/h2-12,21H,1H3/t12-/m1/s1. The first-order valence-electron chi connectivity index (χ1n) is 6.73. The highest BCUT2D eigenvalue weighted by atomic mass is 19.1. The van der Waals surface area contributed by atoms with E-state index in [1.165, 1.54) is 12.1 Å². The van der Waals surface area contributed by atoms with Crippen LogP contribution in [0.4, 0.5) is 4.39 Å². The molecule has 0 aliphatic heterocycles. The fourth-order valence-electron chi connectivity index (χ4n) is 2.30. The van der Waals surface area contributed by atoms with Gasteiger partial charge in [0.25, 0.3) is 0 Å². The molecule has 0 bridgehead atoms. The predicted octanol–water partition coefficient (Wildman–Crippen LogP) is 3.73. The lowest BCUT2D eigenvalue weighted by Crippen LogP contribution is -2.03. The van der Waals surface area contributed by atoms with E-state index < -0.39 is 6.10 Å². The van der Waals surface area contributed by atoms with E-state index in [0.29, 0.717) is 11.3 Å². The van der Waals surface area contributed by atoms with E-state index in [2.05, 4.69) is 5.10 Å². The molecule has 0 aliphatic rings. The summed E-state index contributed by atoms with van der Waals surface area (Å²) in [5.74, 6) is -0.370. The summed E-state index contributed by atoms with van der Waals surface area (Å²) < 4.78 is 15.0. The van der Waals surface area contributed by atoms with Crippen molar-refractivity contribution in [1.82, 2.24) is 9.78 Å². The fraction of sp³-hybridized carbons (Fsp3) is 0.118. The third-order valence-electron chi connectivity index (χ3n) is 3.38. The summed E-state index contributed by atoms with van der Waals surface area (Å²) in [4.78, 5) is 0. The minimum atomic E-state index is -0.764. The van der Waals surface area contributed by atoms with E-state index in [9.17, 15) is 9.50 Å². The topological polar surface area (TPSA) is 38.0 Å². The van der Waals surface area contributed by atoms with Crippen LogP contribution in [-0.4, -0.2) is 14.9 Å². The number of halogens is 1. The van der Waals surface area contributed by atoms with E-state index in [0.717, 1.165) is 11.1 Å². The van der Waals surface area contributed by atoms with Gasteiger partial charge >= 0.3 is 0 Å². The number of aromatic nitrogens is 2. The Bertz CT molecular complexity index is 750. The smallest absolute Gasteiger partial charge is 0.123 e. The van der Waals surface area contributed by atoms with Crippen molar-refractivity contribution in [3.8, 4) is 16.8 Å². The van der Waals surface area contributed by atoms with Crippen molar-refractivity contribution in [2.24, 2.45) is 0 Å². The van der Waals surface area contributed by atoms with E-state index >= 15 is 0 Å². The predicted molar refractivity (Wildman–Crippen MR) is 79.6 cm³/mol. The van der Waals surface area contributed by atoms with Gasteiger partial charge in [-0.25, -0.2) is 9.07 Å². The molecule has 0 unspecified atom stereocenters. The maximum Gasteiger partial charge on any atom is 0.123 e. The number of nitrogens with zero attached hydrogens (tertiary/aromatic N) is 2. The van der Waals surface area contributed by atoms with E-state index in [1.807, 2.05) is 36.5 Å². The molecule has 3 nitrogen and oxygen atoms in total. The molecule has 0 fully saturated rings. The second-order valence-corrected chi connectivity index (χ2v) is 4.92. The van der Waals surface area contributed by atoms with Crippen molar-refractivity contribution in [3.63, 3.8) is 0 Å². The summed E-state index contributed by atoms with van der Waals surface area (Å²) in [6.07, 6.45) is 2.86. The van der Waals surface area contributed by atoms with Gasteiger partial charge in [-0.15, -0.1) is 0 Å². The molecule has 0 amide bonds. The Morgan fingerprint density at radius 2 is 1.86 bits per heavy atom. The maximum atomic E-state index is 13.4. The molecule has 1 N–H and O–H groups in total. The van der Waals surface area contributed by atoms with Crippen LogP contribution in [0.1, 0.15) is 18.6 Å². The summed E-state index contributed by atoms with van der Waals surface area (Å²) in [5, 5.41) is 14.1. The lowest BCUT2D eigenvalue weighted by molar-refractivity contribution is 0.198. The van der Waals surface area contributed by atoms with Crippen molar-refractivity contribution in [1.29, 1.82) is 0 Å². The molecular formula is C17H15FN2O. The van der Waals surface area contributed by atoms with Gasteiger partial charge in [0.05, 0.1) is 18.0 Å². The average molecular weight is 282 g/mol. The summed E-state index contributed by atoms with van der Waals surface area (Å²) in [5.41, 5.74) is 3.22. The minimum Gasteiger partial charge on any atom is -0.389 e. The van der Waals surface area contributed by atoms with Crippen LogP contribution in [0.15, 0.2) is 60.9 Å². The number of rotatable bonds is 3. The van der Waals surface area contributed by atoms with Crippen molar-refractivity contribution in [2.75, 3.05) is 0 Å². The van der Waals surface area contributed by atoms with Gasteiger partial charge in [0, 0.05) is 17.3 Å². The van der Waals surface area contributed by atoms with Crippen LogP contribution in [0.3, 0.4) is 0 Å². The second kappa shape index (κ2) is 5.50. The Hall–Kier alpha value is -2.46. The lowest BCUT2D eigenvalue weighted by atomic mass is 10.1. The van der Waals surface area contributed by atoms with Crippen LogP contribution in [0.2, 0.25) is 0 Å². The van der Waals surface area contributed by atoms with Gasteiger partial charge in [-0.1, -0.05) is 30.3 Å². The van der Waals surface area contributed by atoms with Crippen LogP contribution in [0.5, 0.6) is 0 Å². The average Bonchev–Trinajstić information content (AvgIpc) is 2.97. The molecule has 1 heterocycles. The zero-order valence-corrected chi connectivity index (χ0v) is 11.6. The third kappa shape index (κ3) is 2.71. The number of aliphatic hydroxyl groups excluding tert-OH is 1. The molecule has 1 atom stereocenters. The molecule has 0 spiro atoms. The van der Waals surface area contributed by atoms with Gasteiger partial charge in [0.2, 0.25) is 0 Å². The summed E-state index contributed by atoms with van der Waals surface area (Å²) in [6, 6.07) is 14.2. The monoisotopic (exact) mass is 282 g/mol. The van der Waals surface area contributed by atoms with Crippen LogP contribution in [0.25, 0.3) is 16.8 Å². The Labute approximate surface area is 122 Å². The summed E-state index contributed by atoms with van der Waals surface area (Å²) in [7, 11) is 0. The van der Waals surface area contributed by atoms with Crippen molar-refractivity contribution < 1.29 is 9.50 Å². The van der Waals surface area contributed by atoms with E-state index in [1.54, 1.807) is 23.9 Å². The van der Waals surface area contributed by atoms with E-state index in [-0.39, 0.29) is 5.82 Å². The van der Waals surface area contributed by atoms with Gasteiger partial charge in [-0.2, -0.15) is 5.10 Å². The van der Waals surface area contributed by atoms with Crippen LogP contribution in [0, 0.1) is 5.82 Å². The van der Waals surface area contributed by atoms with Crippen LogP contribution < -0.4 is 0 Å². The fourth-order valence-corrected chi connectivity index (χ4v) is 2.30. The first kappa shape index (κ1) is 13.5. The molecule has 1 aromatic heterocycles. The minimum absolute atomic E-state index is 0.370. The zero-order chi connectivity index (χ0) is 14.8. The Balaban J connectivity index is 2.05. The van der Waals surface area contributed by atoms with Gasteiger partial charge < -0.3 is 5.11 Å². The number of aliphatic hydroxyl groups is 1. The second-order valence-electron chi connectivity index (χ2n) is 4.92. The number of benzene rings is 2. The SMILES string of the molecule is C[C@@H](O)c1cc(F)ccc1-n1cc(-c2ccccc2)cn1. The van der Waals surface area contributed by atoms with Crippen LogP contribution >= 0.6 is 0 Å². The molecule has 0 saturated heterocycles. The van der Waals surface area contributed by atoms with Crippen molar-refractivity contribution in [2.45, 2.75) is 13.0 Å². The number of hydrogen-bond acceptors (Lipinski definition) is 2. The Morgan fingerprint density at radius 3 is 2.57 bits per heavy atom. The van der Waals surface area contributed by atoms with Crippen molar-refractivity contribution >= 4 is 0 Å². The highest BCUT2D eigenvalue weighted by molar-refractivity contribution is 5.62. The summed E-state index contributed by atoms with van der Waals surface area (Å²) >= 11 is 0. The molecular weight excluding hydrogens is 267 g/mol. The molecule has 106 valence electrons. The molecule has 0 saturated carbocycles. The van der Waals surface area contributed by atoms with Gasteiger partial charge in [0.15, 0.2) is 0 Å². The maximum absolute atomic E-state index is 13.4. The normalized spacial score (nSPS) is 12.3. The third-order valence-corrected chi connectivity index (χ3v) is 3.38. The highest BCUT2D eigenvalue weighted by Gasteiger charge is 2.12. The molecule has 4 heteroatoms. The zero-order valence-electron chi connectivity index (χ0n) is 11.6. The molecule has 3 aromatic rings. The van der Waals surface area contributed by atoms with Gasteiger partial charge in [-0.3, -0.25) is 0 Å². The molecule has 3 rings (SSSR count). The molecule has 0 radical (unpaired) electrons. The largest absolute Gasteiger partial charge is 0.389 e. The highest BCUT2D eigenvalue weighted by Crippen LogP contribution is 2.25. The lowest BCUT2D eigenvalue weighted by Gasteiger charge is -2.12. The molecule has 21 heavy (non-hydrogen) atoms. The van der Waals surface area contributed by atoms with Crippen molar-refractivity contribution in [3.05, 3.63) is 72.3 Å². The summed E-state index contributed by atoms with van der Waals surface area (Å²) in [6.45, 7) is 1.61. The van der Waals surface area contributed by atoms with Gasteiger partial charge in [0.1, 0.15) is 5.82 Å². The molecule has 2 aromatic carbocycles. The first-order chi connectivity index (χ1) is 10.1. The van der Waals surface area contributed by atoms with Crippen LogP contribution in [-0.2, 0) is 0 Å². The number of hydrogen-bond donors (Lipinski definition) is 1. The Morgan fingerprint density at radius 1 is 1.10 bits per heavy atom. The Kier molecular flexibility index (Phi) is 3.54. The first-order valence-corrected chi connectivity index (χ1v) is 6.73. The van der Waals surface area contributed by atoms with Gasteiger partial charge in [-0.05, 0) is 30.7 Å². The molecule has 0 aliphatic carbocycles.